The number of nitrogens with zero attached hydrogens (tertiary/aromatic N) is 1. The summed E-state index contributed by atoms with van der Waals surface area (Å²) in [5, 5.41) is 2.43. The van der Waals surface area contributed by atoms with Crippen LogP contribution in [0.5, 0.6) is 0 Å². The average Bonchev–Trinajstić information content (AvgIpc) is 2.09. The average molecular weight is 200 g/mol. The maximum Gasteiger partial charge on any atom is 0.207 e. The van der Waals surface area contributed by atoms with Crippen LogP contribution >= 0.6 is 0 Å². The Hall–Kier alpha value is -1.59. The van der Waals surface area contributed by atoms with Crippen LogP contribution in [0.4, 0.5) is 0 Å². The first-order valence-electron chi connectivity index (χ1n) is 4.33. The number of hydrogen-bond donors (Lipinski definition) is 3. The summed E-state index contributed by atoms with van der Waals surface area (Å²) >= 11 is 0. The van der Waals surface area contributed by atoms with E-state index in [4.69, 9.17) is 11.5 Å². The number of amides is 1. The second kappa shape index (κ2) is 6.88. The van der Waals surface area contributed by atoms with Gasteiger partial charge < -0.3 is 16.8 Å². The lowest BCUT2D eigenvalue weighted by Gasteiger charge is -2.10. The van der Waals surface area contributed by atoms with E-state index in [-0.39, 0.29) is 11.7 Å². The predicted molar refractivity (Wildman–Crippen MR) is 53.6 cm³/mol. The largest absolute Gasteiger partial charge is 0.370 e. The summed E-state index contributed by atoms with van der Waals surface area (Å²) in [4.78, 5) is 24.8. The van der Waals surface area contributed by atoms with Gasteiger partial charge >= 0.3 is 0 Å². The second-order valence-electron chi connectivity index (χ2n) is 2.90. The summed E-state index contributed by atoms with van der Waals surface area (Å²) in [5.41, 5.74) is 10.2. The highest BCUT2D eigenvalue weighted by molar-refractivity contribution is 5.83. The molecule has 0 aliphatic heterocycles. The third kappa shape index (κ3) is 5.99. The molecule has 0 spiro atoms. The Morgan fingerprint density at radius 3 is 2.64 bits per heavy atom. The van der Waals surface area contributed by atoms with Crippen LogP contribution in [0.1, 0.15) is 19.8 Å². The topological polar surface area (TPSA) is 111 Å². The standard InChI is InChI=1S/C8H16N4O2/c1-6(14)7(12-5-13)3-2-4-11-8(9)10/h5,7H,2-4H2,1H3,(H,12,13)(H4,9,10,11). The van der Waals surface area contributed by atoms with Crippen molar-refractivity contribution in [3.63, 3.8) is 0 Å². The first-order chi connectivity index (χ1) is 6.57. The lowest BCUT2D eigenvalue weighted by Crippen LogP contribution is -2.34. The third-order valence-corrected chi connectivity index (χ3v) is 1.71. The number of ketones is 1. The number of rotatable bonds is 7. The SMILES string of the molecule is CC(=O)C(CCCN=C(N)N)NC=O. The molecule has 0 rings (SSSR count). The van der Waals surface area contributed by atoms with Crippen LogP contribution in [0.2, 0.25) is 0 Å². The molecule has 6 heteroatoms. The fraction of sp³-hybridized carbons (Fsp3) is 0.625. The van der Waals surface area contributed by atoms with Gasteiger partial charge in [0.2, 0.25) is 6.41 Å². The molecule has 0 aliphatic rings. The van der Waals surface area contributed by atoms with Gasteiger partial charge in [0, 0.05) is 6.54 Å². The van der Waals surface area contributed by atoms with Gasteiger partial charge in [-0.25, -0.2) is 0 Å². The Kier molecular flexibility index (Phi) is 6.09. The third-order valence-electron chi connectivity index (χ3n) is 1.71. The van der Waals surface area contributed by atoms with E-state index in [2.05, 4.69) is 10.3 Å². The number of nitrogens with one attached hydrogen (secondary N) is 1. The van der Waals surface area contributed by atoms with E-state index in [9.17, 15) is 9.59 Å². The van der Waals surface area contributed by atoms with Gasteiger partial charge in [0.1, 0.15) is 0 Å². The molecule has 6 nitrogen and oxygen atoms in total. The number of carbonyl (C=O) groups excluding carboxylic acids is 2. The Morgan fingerprint density at radius 1 is 1.57 bits per heavy atom. The molecule has 5 N–H and O–H groups in total. The van der Waals surface area contributed by atoms with Gasteiger partial charge in [-0.05, 0) is 19.8 Å². The maximum atomic E-state index is 11.0. The van der Waals surface area contributed by atoms with Crippen LogP contribution in [0.3, 0.4) is 0 Å². The molecule has 0 heterocycles. The van der Waals surface area contributed by atoms with Crippen molar-refractivity contribution in [2.75, 3.05) is 6.54 Å². The van der Waals surface area contributed by atoms with Crippen molar-refractivity contribution >= 4 is 18.2 Å². The van der Waals surface area contributed by atoms with Crippen LogP contribution in [0, 0.1) is 0 Å². The minimum Gasteiger partial charge on any atom is -0.370 e. The molecule has 0 fully saturated rings. The first-order valence-corrected chi connectivity index (χ1v) is 4.33. The van der Waals surface area contributed by atoms with E-state index in [1.54, 1.807) is 0 Å². The smallest absolute Gasteiger partial charge is 0.207 e. The number of Topliss-reactive ketones (excluding diaryl/α,β-unsaturated/α-hetero) is 1. The summed E-state index contributed by atoms with van der Waals surface area (Å²) in [6.07, 6.45) is 1.72. The van der Waals surface area contributed by atoms with E-state index in [0.717, 1.165) is 0 Å². The molecule has 1 atom stereocenters. The van der Waals surface area contributed by atoms with E-state index >= 15 is 0 Å². The zero-order valence-electron chi connectivity index (χ0n) is 8.19. The van der Waals surface area contributed by atoms with Crippen LogP contribution < -0.4 is 16.8 Å². The van der Waals surface area contributed by atoms with Crippen molar-refractivity contribution in [2.24, 2.45) is 16.5 Å². The number of guanidine groups is 1. The monoisotopic (exact) mass is 200 g/mol. The second-order valence-corrected chi connectivity index (χ2v) is 2.90. The number of hydrogen-bond acceptors (Lipinski definition) is 3. The molecule has 0 radical (unpaired) electrons. The Balaban J connectivity index is 3.77. The highest BCUT2D eigenvalue weighted by atomic mass is 16.1. The summed E-state index contributed by atoms with van der Waals surface area (Å²) in [6, 6.07) is -0.429. The van der Waals surface area contributed by atoms with Gasteiger partial charge in [0.25, 0.3) is 0 Å². The van der Waals surface area contributed by atoms with Crippen molar-refractivity contribution in [1.29, 1.82) is 0 Å². The van der Waals surface area contributed by atoms with Crippen molar-refractivity contribution in [1.82, 2.24) is 5.32 Å². The van der Waals surface area contributed by atoms with Crippen LogP contribution in [-0.4, -0.2) is 30.7 Å². The van der Waals surface area contributed by atoms with Crippen molar-refractivity contribution in [3.8, 4) is 0 Å². The molecule has 0 bridgehead atoms. The molecule has 0 aromatic rings. The predicted octanol–water partition coefficient (Wildman–Crippen LogP) is -1.26. The lowest BCUT2D eigenvalue weighted by molar-refractivity contribution is -0.122. The summed E-state index contributed by atoms with van der Waals surface area (Å²) in [7, 11) is 0. The van der Waals surface area contributed by atoms with Crippen LogP contribution in [0.25, 0.3) is 0 Å². The van der Waals surface area contributed by atoms with Gasteiger partial charge in [-0.15, -0.1) is 0 Å². The molecule has 14 heavy (non-hydrogen) atoms. The minimum absolute atomic E-state index is 0.0349. The summed E-state index contributed by atoms with van der Waals surface area (Å²) in [6.45, 7) is 1.90. The molecule has 0 aromatic heterocycles. The van der Waals surface area contributed by atoms with Crippen molar-refractivity contribution < 1.29 is 9.59 Å². The Labute approximate surface area is 82.7 Å². The number of nitrogens with two attached hydrogens (primary N) is 2. The van der Waals surface area contributed by atoms with Crippen LogP contribution in [-0.2, 0) is 9.59 Å². The highest BCUT2D eigenvalue weighted by Crippen LogP contribution is 1.98. The zero-order valence-corrected chi connectivity index (χ0v) is 8.19. The molecular formula is C8H16N4O2. The van der Waals surface area contributed by atoms with Gasteiger partial charge in [-0.1, -0.05) is 0 Å². The molecule has 1 amide bonds. The van der Waals surface area contributed by atoms with Gasteiger partial charge in [0.15, 0.2) is 11.7 Å². The Morgan fingerprint density at radius 2 is 2.21 bits per heavy atom. The first kappa shape index (κ1) is 12.4. The minimum atomic E-state index is -0.429. The maximum absolute atomic E-state index is 11.0. The van der Waals surface area contributed by atoms with E-state index in [1.807, 2.05) is 0 Å². The molecule has 0 saturated carbocycles. The fourth-order valence-corrected chi connectivity index (χ4v) is 0.990. The molecule has 0 saturated heterocycles. The van der Waals surface area contributed by atoms with Gasteiger partial charge in [0.05, 0.1) is 6.04 Å². The molecule has 80 valence electrons. The van der Waals surface area contributed by atoms with Gasteiger partial charge in [-0.2, -0.15) is 0 Å². The van der Waals surface area contributed by atoms with Crippen molar-refractivity contribution in [3.05, 3.63) is 0 Å². The zero-order chi connectivity index (χ0) is 11.0. The summed E-state index contributed by atoms with van der Waals surface area (Å²) in [5.74, 6) is -0.0329. The van der Waals surface area contributed by atoms with Crippen molar-refractivity contribution in [2.45, 2.75) is 25.8 Å². The van der Waals surface area contributed by atoms with E-state index in [1.165, 1.54) is 6.92 Å². The van der Waals surface area contributed by atoms with Gasteiger partial charge in [-0.3, -0.25) is 14.6 Å². The lowest BCUT2D eigenvalue weighted by atomic mass is 10.1. The fourth-order valence-electron chi connectivity index (χ4n) is 0.990. The van der Waals surface area contributed by atoms with E-state index in [0.29, 0.717) is 25.8 Å². The quantitative estimate of drug-likeness (QED) is 0.206. The molecule has 1 unspecified atom stereocenters. The Bertz CT molecular complexity index is 223. The molecule has 0 aliphatic carbocycles. The number of carbonyl (C=O) groups is 2. The highest BCUT2D eigenvalue weighted by Gasteiger charge is 2.11. The summed E-state index contributed by atoms with van der Waals surface area (Å²) < 4.78 is 0. The van der Waals surface area contributed by atoms with E-state index < -0.39 is 6.04 Å². The van der Waals surface area contributed by atoms with Crippen LogP contribution in [0.15, 0.2) is 4.99 Å². The molecule has 0 aromatic carbocycles. The number of aliphatic imine (C=N–C) groups is 1. The molecular weight excluding hydrogens is 184 g/mol. The normalized spacial score (nSPS) is 11.5.